The minimum Gasteiger partial charge on any atom is -0.354 e. The van der Waals surface area contributed by atoms with Crippen molar-refractivity contribution in [2.24, 2.45) is 0 Å². The van der Waals surface area contributed by atoms with Gasteiger partial charge in [-0.15, -0.1) is 0 Å². The summed E-state index contributed by atoms with van der Waals surface area (Å²) in [6.45, 7) is 2.98. The summed E-state index contributed by atoms with van der Waals surface area (Å²) in [6.07, 6.45) is 2.70. The van der Waals surface area contributed by atoms with Crippen molar-refractivity contribution in [2.45, 2.75) is 50.9 Å². The maximum absolute atomic E-state index is 13.6. The molecule has 6 heteroatoms. The molecule has 3 aromatic rings. The van der Waals surface area contributed by atoms with Crippen LogP contribution in [0.3, 0.4) is 0 Å². The minimum absolute atomic E-state index is 0.0398. The number of hydrogen-bond acceptors (Lipinski definition) is 3. The second-order valence-electron chi connectivity index (χ2n) is 8.75. The monoisotopic (exact) mass is 522 g/mol. The van der Waals surface area contributed by atoms with E-state index in [1.54, 1.807) is 16.7 Å². The number of thioether (sulfide) groups is 1. The average molecular weight is 523 g/mol. The lowest BCUT2D eigenvalue weighted by molar-refractivity contribution is -0.141. The largest absolute Gasteiger partial charge is 0.354 e. The highest BCUT2D eigenvalue weighted by molar-refractivity contribution is 7.98. The molecule has 0 saturated heterocycles. The van der Waals surface area contributed by atoms with Gasteiger partial charge < -0.3 is 10.2 Å². The lowest BCUT2D eigenvalue weighted by Gasteiger charge is -2.32. The van der Waals surface area contributed by atoms with Gasteiger partial charge in [-0.05, 0) is 29.2 Å². The van der Waals surface area contributed by atoms with Crippen LogP contribution < -0.4 is 5.32 Å². The van der Waals surface area contributed by atoms with E-state index in [9.17, 15) is 9.59 Å². The SMILES string of the molecule is CCCCNC(=O)[C@H](Cc1ccccc1)N(Cc1ccccc1Cl)C(=O)CCSCc1ccccc1. The van der Waals surface area contributed by atoms with Crippen molar-refractivity contribution in [3.8, 4) is 0 Å². The first-order valence-electron chi connectivity index (χ1n) is 12.5. The Hall–Kier alpha value is -2.76. The second-order valence-corrected chi connectivity index (χ2v) is 10.3. The van der Waals surface area contributed by atoms with E-state index in [-0.39, 0.29) is 11.8 Å². The van der Waals surface area contributed by atoms with Crippen LogP contribution >= 0.6 is 23.4 Å². The molecule has 2 amide bonds. The molecule has 0 saturated carbocycles. The number of nitrogens with zero attached hydrogens (tertiary/aromatic N) is 1. The number of amides is 2. The van der Waals surface area contributed by atoms with Crippen LogP contribution in [0, 0.1) is 0 Å². The highest BCUT2D eigenvalue weighted by Gasteiger charge is 2.30. The van der Waals surface area contributed by atoms with E-state index in [1.807, 2.05) is 72.8 Å². The zero-order valence-corrected chi connectivity index (χ0v) is 22.4. The van der Waals surface area contributed by atoms with E-state index >= 15 is 0 Å². The van der Waals surface area contributed by atoms with Crippen molar-refractivity contribution in [2.75, 3.05) is 12.3 Å². The minimum atomic E-state index is -0.618. The third-order valence-electron chi connectivity index (χ3n) is 5.97. The smallest absolute Gasteiger partial charge is 0.243 e. The molecule has 0 aromatic heterocycles. The number of unbranched alkanes of at least 4 members (excludes halogenated alkanes) is 1. The maximum atomic E-state index is 13.6. The number of rotatable bonds is 14. The van der Waals surface area contributed by atoms with E-state index in [0.29, 0.717) is 36.7 Å². The zero-order chi connectivity index (χ0) is 25.6. The van der Waals surface area contributed by atoms with Crippen LogP contribution in [0.1, 0.15) is 42.9 Å². The van der Waals surface area contributed by atoms with Crippen LogP contribution in [0.2, 0.25) is 5.02 Å². The maximum Gasteiger partial charge on any atom is 0.243 e. The average Bonchev–Trinajstić information content (AvgIpc) is 2.91. The molecule has 0 unspecified atom stereocenters. The molecule has 0 heterocycles. The summed E-state index contributed by atoms with van der Waals surface area (Å²) in [7, 11) is 0. The van der Waals surface area contributed by atoms with Crippen LogP contribution in [0.4, 0.5) is 0 Å². The highest BCUT2D eigenvalue weighted by Crippen LogP contribution is 2.22. The molecule has 3 aromatic carbocycles. The molecule has 0 aliphatic carbocycles. The molecule has 0 spiro atoms. The summed E-state index contributed by atoms with van der Waals surface area (Å²) >= 11 is 8.20. The van der Waals surface area contributed by atoms with Crippen LogP contribution in [-0.4, -0.2) is 35.1 Å². The highest BCUT2D eigenvalue weighted by atomic mass is 35.5. The van der Waals surface area contributed by atoms with E-state index in [2.05, 4.69) is 24.4 Å². The van der Waals surface area contributed by atoms with Crippen molar-refractivity contribution in [3.63, 3.8) is 0 Å². The Morgan fingerprint density at radius 1 is 0.917 bits per heavy atom. The zero-order valence-electron chi connectivity index (χ0n) is 20.9. The van der Waals surface area contributed by atoms with Crippen LogP contribution in [-0.2, 0) is 28.3 Å². The molecule has 190 valence electrons. The first-order chi connectivity index (χ1) is 17.6. The van der Waals surface area contributed by atoms with Crippen LogP contribution in [0.5, 0.6) is 0 Å². The summed E-state index contributed by atoms with van der Waals surface area (Å²) in [5, 5.41) is 3.65. The molecule has 0 aliphatic heterocycles. The second kappa shape index (κ2) is 15.4. The van der Waals surface area contributed by atoms with Crippen molar-refractivity contribution in [3.05, 3.63) is 107 Å². The van der Waals surface area contributed by atoms with Gasteiger partial charge in [-0.1, -0.05) is 104 Å². The standard InChI is InChI=1S/C30H35ClN2O2S/c1-2-3-19-32-30(35)28(21-24-12-6-4-7-13-24)33(22-26-16-10-11-17-27(26)31)29(34)18-20-36-23-25-14-8-5-9-15-25/h4-17,28H,2-3,18-23H2,1H3,(H,32,35)/t28-/m0/s1. The molecule has 4 nitrogen and oxygen atoms in total. The van der Waals surface area contributed by atoms with Gasteiger partial charge in [0.15, 0.2) is 0 Å². The van der Waals surface area contributed by atoms with E-state index < -0.39 is 6.04 Å². The van der Waals surface area contributed by atoms with Gasteiger partial charge in [0.2, 0.25) is 11.8 Å². The summed E-state index contributed by atoms with van der Waals surface area (Å²) < 4.78 is 0. The molecule has 36 heavy (non-hydrogen) atoms. The normalized spacial score (nSPS) is 11.6. The summed E-state index contributed by atoms with van der Waals surface area (Å²) in [5.74, 6) is 1.37. The van der Waals surface area contributed by atoms with Gasteiger partial charge >= 0.3 is 0 Å². The third-order valence-corrected chi connectivity index (χ3v) is 7.37. The summed E-state index contributed by atoms with van der Waals surface area (Å²) in [6, 6.07) is 27.0. The van der Waals surface area contributed by atoms with E-state index in [1.165, 1.54) is 5.56 Å². The number of carbonyl (C=O) groups is 2. The van der Waals surface area contributed by atoms with Crippen molar-refractivity contribution in [1.82, 2.24) is 10.2 Å². The number of carbonyl (C=O) groups excluding carboxylic acids is 2. The van der Waals surface area contributed by atoms with Gasteiger partial charge in [0.25, 0.3) is 0 Å². The Balaban J connectivity index is 1.79. The first-order valence-corrected chi connectivity index (χ1v) is 14.1. The molecular formula is C30H35ClN2O2S. The van der Waals surface area contributed by atoms with Gasteiger partial charge in [0.1, 0.15) is 6.04 Å². The Labute approximate surface area is 224 Å². The van der Waals surface area contributed by atoms with Gasteiger partial charge in [-0.25, -0.2) is 0 Å². The predicted molar refractivity (Wildman–Crippen MR) is 151 cm³/mol. The van der Waals surface area contributed by atoms with Gasteiger partial charge in [-0.3, -0.25) is 9.59 Å². The number of benzene rings is 3. The Bertz CT molecular complexity index is 1080. The fraction of sp³-hybridized carbons (Fsp3) is 0.333. The summed E-state index contributed by atoms with van der Waals surface area (Å²) in [4.78, 5) is 28.8. The molecule has 0 aliphatic rings. The lowest BCUT2D eigenvalue weighted by Crippen LogP contribution is -2.50. The Morgan fingerprint density at radius 2 is 1.56 bits per heavy atom. The quantitative estimate of drug-likeness (QED) is 0.245. The molecule has 0 bridgehead atoms. The molecule has 0 fully saturated rings. The molecule has 3 rings (SSSR count). The van der Waals surface area contributed by atoms with Crippen molar-refractivity contribution in [1.29, 1.82) is 0 Å². The molecule has 0 radical (unpaired) electrons. The lowest BCUT2D eigenvalue weighted by atomic mass is 10.0. The number of hydrogen-bond donors (Lipinski definition) is 1. The van der Waals surface area contributed by atoms with Crippen molar-refractivity contribution < 1.29 is 9.59 Å². The number of halogens is 1. The molecular weight excluding hydrogens is 488 g/mol. The Kier molecular flexibility index (Phi) is 11.9. The van der Waals surface area contributed by atoms with E-state index in [0.717, 1.165) is 29.7 Å². The Morgan fingerprint density at radius 3 is 2.22 bits per heavy atom. The topological polar surface area (TPSA) is 49.4 Å². The van der Waals surface area contributed by atoms with Crippen LogP contribution in [0.15, 0.2) is 84.9 Å². The number of nitrogens with one attached hydrogen (secondary N) is 1. The fourth-order valence-electron chi connectivity index (χ4n) is 3.94. The summed E-state index contributed by atoms with van der Waals surface area (Å²) in [5.41, 5.74) is 3.09. The van der Waals surface area contributed by atoms with Crippen LogP contribution in [0.25, 0.3) is 0 Å². The molecule has 1 N–H and O–H groups in total. The molecule has 1 atom stereocenters. The van der Waals surface area contributed by atoms with Gasteiger partial charge in [0.05, 0.1) is 0 Å². The first kappa shape index (κ1) is 27.8. The van der Waals surface area contributed by atoms with Gasteiger partial charge in [-0.2, -0.15) is 11.8 Å². The predicted octanol–water partition coefficient (Wildman–Crippen LogP) is 6.52. The third kappa shape index (κ3) is 9.03. The van der Waals surface area contributed by atoms with Crippen molar-refractivity contribution >= 4 is 35.2 Å². The fourth-order valence-corrected chi connectivity index (χ4v) is 5.02. The van der Waals surface area contributed by atoms with Gasteiger partial charge in [0, 0.05) is 42.5 Å². The van der Waals surface area contributed by atoms with E-state index in [4.69, 9.17) is 11.6 Å².